The van der Waals surface area contributed by atoms with Gasteiger partial charge >= 0.3 is 12.1 Å². The summed E-state index contributed by atoms with van der Waals surface area (Å²) in [5, 5.41) is 3.11. The van der Waals surface area contributed by atoms with E-state index in [2.05, 4.69) is 28.3 Å². The van der Waals surface area contributed by atoms with E-state index in [1.807, 2.05) is 19.1 Å². The maximum absolute atomic E-state index is 14.7. The topological polar surface area (TPSA) is 88.1 Å². The van der Waals surface area contributed by atoms with Crippen molar-refractivity contribution < 1.29 is 18.3 Å². The molecule has 3 heterocycles. The molecule has 0 radical (unpaired) electrons. The number of ketones is 1. The predicted molar refractivity (Wildman–Crippen MR) is 112 cm³/mol. The maximum Gasteiger partial charge on any atom is 0.347 e. The number of pyridine rings is 1. The highest BCUT2D eigenvalue weighted by Crippen LogP contribution is 2.30. The van der Waals surface area contributed by atoms with Gasteiger partial charge in [-0.3, -0.25) is 10.5 Å². The number of hydrogen-bond donors (Lipinski definition) is 2. The molecule has 8 heteroatoms. The van der Waals surface area contributed by atoms with Crippen molar-refractivity contribution in [3.05, 3.63) is 64.9 Å². The second kappa shape index (κ2) is 7.29. The van der Waals surface area contributed by atoms with Crippen LogP contribution in [-0.4, -0.2) is 16.5 Å². The Balaban J connectivity index is 1.60. The molecule has 0 amide bonds. The van der Waals surface area contributed by atoms with Crippen LogP contribution >= 0.6 is 0 Å². The van der Waals surface area contributed by atoms with Crippen LogP contribution in [0.3, 0.4) is 0 Å². The number of halogens is 1. The van der Waals surface area contributed by atoms with Crippen LogP contribution in [0.5, 0.6) is 0 Å². The summed E-state index contributed by atoms with van der Waals surface area (Å²) in [5.74, 6) is -0.0805. The molecule has 1 aliphatic rings. The Bertz CT molecular complexity index is 1230. The van der Waals surface area contributed by atoms with Crippen molar-refractivity contribution in [3.63, 3.8) is 0 Å². The summed E-state index contributed by atoms with van der Waals surface area (Å²) in [6.07, 6.45) is 2.70. The fourth-order valence-corrected chi connectivity index (χ4v) is 3.50. The van der Waals surface area contributed by atoms with Gasteiger partial charge in [0.25, 0.3) is 5.82 Å². The number of fused-ring (bicyclic) bond motifs is 1. The lowest BCUT2D eigenvalue weighted by Crippen LogP contribution is -2.49. The van der Waals surface area contributed by atoms with E-state index in [0.717, 1.165) is 17.7 Å². The van der Waals surface area contributed by atoms with Crippen LogP contribution < -0.4 is 20.2 Å². The minimum Gasteiger partial charge on any atom is -0.340 e. The first kappa shape index (κ1) is 19.6. The summed E-state index contributed by atoms with van der Waals surface area (Å²) in [4.78, 5) is 21.1. The van der Waals surface area contributed by atoms with Crippen LogP contribution in [0.25, 0.3) is 0 Å². The number of aliphatic imine (C=N–C) groups is 1. The van der Waals surface area contributed by atoms with Gasteiger partial charge in [0.05, 0.1) is 5.56 Å². The molecule has 4 rings (SSSR count). The zero-order valence-corrected chi connectivity index (χ0v) is 17.3. The lowest BCUT2D eigenvalue weighted by atomic mass is 9.98. The molecule has 0 spiro atoms. The van der Waals surface area contributed by atoms with E-state index in [0.29, 0.717) is 23.0 Å². The Hall–Kier alpha value is -3.68. The third-order valence-corrected chi connectivity index (χ3v) is 5.26. The van der Waals surface area contributed by atoms with Gasteiger partial charge in [-0.1, -0.05) is 19.1 Å². The first-order chi connectivity index (χ1) is 14.3. The monoisotopic (exact) mass is 406 g/mol. The number of nitrogens with two attached hydrogens (primary N) is 1. The molecule has 0 atom stereocenters. The van der Waals surface area contributed by atoms with Gasteiger partial charge in [0, 0.05) is 5.69 Å². The van der Waals surface area contributed by atoms with Gasteiger partial charge in [-0.25, -0.2) is 4.98 Å². The molecule has 0 aliphatic carbocycles. The van der Waals surface area contributed by atoms with Crippen molar-refractivity contribution >= 4 is 34.6 Å². The number of Topliss-reactive ketones (excluding diaryl/α,β-unsaturated/α-hetero) is 1. The van der Waals surface area contributed by atoms with E-state index < -0.39 is 11.7 Å². The maximum atomic E-state index is 14.7. The average molecular weight is 406 g/mol. The Labute approximate surface area is 173 Å². The van der Waals surface area contributed by atoms with E-state index in [-0.39, 0.29) is 11.3 Å². The fraction of sp³-hybridized carbons (Fsp3) is 0.227. The molecule has 2 aromatic heterocycles. The number of hydrogen-bond acceptors (Lipinski definition) is 5. The van der Waals surface area contributed by atoms with Crippen LogP contribution in [0.15, 0.2) is 41.7 Å². The summed E-state index contributed by atoms with van der Waals surface area (Å²) in [7, 11) is 3.58. The third kappa shape index (κ3) is 3.20. The van der Waals surface area contributed by atoms with Crippen molar-refractivity contribution in [1.29, 1.82) is 0 Å². The predicted octanol–water partition coefficient (Wildman–Crippen LogP) is 2.38. The number of benzene rings is 1. The van der Waals surface area contributed by atoms with Gasteiger partial charge in [0.15, 0.2) is 5.56 Å². The van der Waals surface area contributed by atoms with E-state index in [4.69, 9.17) is 5.73 Å². The van der Waals surface area contributed by atoms with Gasteiger partial charge in [-0.15, -0.1) is 0 Å². The quantitative estimate of drug-likeness (QED) is 0.387. The molecular formula is C22H23FN6O+2. The number of rotatable bonds is 5. The highest BCUT2D eigenvalue weighted by atomic mass is 19.1. The third-order valence-electron chi connectivity index (χ3n) is 5.26. The number of aromatic nitrogens is 3. The number of anilines is 3. The molecule has 1 aliphatic heterocycles. The van der Waals surface area contributed by atoms with E-state index >= 15 is 0 Å². The lowest BCUT2D eigenvalue weighted by Gasteiger charge is -2.16. The standard InChI is InChI=1S/C22H21FN6O/c1-5-13-6-8-15(12(2)10-13)25-16-9-7-14(20(23)26-16)19(30)18-17-21(24)28(3)11-29(4)22(17)27-18/h6-11,24H,5H2,1-4H3/p+2. The molecule has 30 heavy (non-hydrogen) atoms. The molecule has 0 unspecified atom stereocenters. The second-order valence-electron chi connectivity index (χ2n) is 7.37. The average Bonchev–Trinajstić information content (AvgIpc) is 2.67. The number of aryl methyl sites for hydroxylation is 4. The Morgan fingerprint density at radius 1 is 1.20 bits per heavy atom. The van der Waals surface area contributed by atoms with Crippen LogP contribution in [0.1, 0.15) is 34.0 Å². The normalized spacial score (nSPS) is 12.1. The molecule has 1 aromatic carbocycles. The van der Waals surface area contributed by atoms with Crippen LogP contribution in [-0.2, 0) is 20.5 Å². The van der Waals surface area contributed by atoms with Crippen molar-refractivity contribution in [2.45, 2.75) is 20.3 Å². The zero-order chi connectivity index (χ0) is 21.6. The van der Waals surface area contributed by atoms with E-state index in [1.165, 1.54) is 11.6 Å². The van der Waals surface area contributed by atoms with Crippen LogP contribution in [0.4, 0.5) is 27.5 Å². The minimum absolute atomic E-state index is 0.140. The van der Waals surface area contributed by atoms with Crippen molar-refractivity contribution in [2.24, 2.45) is 19.1 Å². The number of nitrogens with zero attached hydrogens (tertiary/aromatic N) is 4. The van der Waals surface area contributed by atoms with E-state index in [9.17, 15) is 9.18 Å². The smallest absolute Gasteiger partial charge is 0.340 e. The fourth-order valence-electron chi connectivity index (χ4n) is 3.50. The number of nitrogen functional groups attached to an aromatic ring is 1. The minimum atomic E-state index is -0.854. The summed E-state index contributed by atoms with van der Waals surface area (Å²) < 4.78 is 18.2. The lowest BCUT2D eigenvalue weighted by molar-refractivity contribution is -0.791. The Kier molecular flexibility index (Phi) is 4.77. The van der Waals surface area contributed by atoms with Crippen LogP contribution in [0.2, 0.25) is 0 Å². The second-order valence-corrected chi connectivity index (χ2v) is 7.37. The van der Waals surface area contributed by atoms with Gasteiger partial charge in [-0.05, 0) is 42.7 Å². The van der Waals surface area contributed by atoms with Crippen molar-refractivity contribution in [1.82, 2.24) is 4.98 Å². The summed E-state index contributed by atoms with van der Waals surface area (Å²) in [6.45, 7) is 4.07. The van der Waals surface area contributed by atoms with Gasteiger partial charge in [0.2, 0.25) is 11.7 Å². The summed E-state index contributed by atoms with van der Waals surface area (Å²) >= 11 is 0. The SMILES string of the molecule is CCc1ccc(Nc2ccc(C(=O)C3=Nc4c3c(N)[n+](C)c[n+]4C)c(F)n2)c(C)c1. The number of carbonyl (C=O) groups excluding carboxylic acids is 1. The Morgan fingerprint density at radius 3 is 2.63 bits per heavy atom. The van der Waals surface area contributed by atoms with Crippen molar-refractivity contribution in [2.75, 3.05) is 11.1 Å². The van der Waals surface area contributed by atoms with Gasteiger partial charge in [-0.2, -0.15) is 18.5 Å². The molecule has 0 fully saturated rings. The highest BCUT2D eigenvalue weighted by molar-refractivity contribution is 6.55. The first-order valence-electron chi connectivity index (χ1n) is 9.64. The van der Waals surface area contributed by atoms with Gasteiger partial charge < -0.3 is 5.32 Å². The molecule has 152 valence electrons. The molecule has 0 bridgehead atoms. The summed E-state index contributed by atoms with van der Waals surface area (Å²) in [6, 6.07) is 9.03. The van der Waals surface area contributed by atoms with Crippen LogP contribution in [0, 0.1) is 12.9 Å². The molecule has 3 N–H and O–H groups in total. The first-order valence-corrected chi connectivity index (χ1v) is 9.64. The van der Waals surface area contributed by atoms with Gasteiger partial charge in [0.1, 0.15) is 25.6 Å². The highest BCUT2D eigenvalue weighted by Gasteiger charge is 2.39. The number of carbonyl (C=O) groups is 1. The Morgan fingerprint density at radius 2 is 1.97 bits per heavy atom. The van der Waals surface area contributed by atoms with Crippen molar-refractivity contribution in [3.8, 4) is 0 Å². The molecular weight excluding hydrogens is 383 g/mol. The largest absolute Gasteiger partial charge is 0.347 e. The zero-order valence-electron chi connectivity index (χ0n) is 17.3. The van der Waals surface area contributed by atoms with E-state index in [1.54, 1.807) is 35.6 Å². The molecule has 0 saturated heterocycles. The summed E-state index contributed by atoms with van der Waals surface area (Å²) in [5.41, 5.74) is 9.71. The molecule has 0 saturated carbocycles. The number of nitrogens with one attached hydrogen (secondary N) is 1. The molecule has 7 nitrogen and oxygen atoms in total. The molecule has 3 aromatic rings.